The molecule has 2 fully saturated rings. The molecule has 0 spiro atoms. The number of ether oxygens (including phenoxy) is 4. The molecule has 0 saturated heterocycles. The molecule has 44 heavy (non-hydrogen) atoms. The zero-order chi connectivity index (χ0) is 30.8. The van der Waals surface area contributed by atoms with Gasteiger partial charge in [0.05, 0.1) is 37.1 Å². The largest absolute Gasteiger partial charge is 0.461 e. The van der Waals surface area contributed by atoms with Crippen LogP contribution in [-0.4, -0.2) is 50.8 Å². The van der Waals surface area contributed by atoms with Crippen molar-refractivity contribution in [1.29, 1.82) is 0 Å². The molecule has 238 valence electrons. The molecule has 2 saturated carbocycles. The van der Waals surface area contributed by atoms with E-state index in [2.05, 4.69) is 11.4 Å². The normalized spacial score (nSPS) is 21.3. The highest BCUT2D eigenvalue weighted by atomic mass is 16.5. The van der Waals surface area contributed by atoms with Gasteiger partial charge in [-0.25, -0.2) is 0 Å². The van der Waals surface area contributed by atoms with E-state index in [1.807, 2.05) is 42.5 Å². The Morgan fingerprint density at radius 3 is 2.41 bits per heavy atom. The summed E-state index contributed by atoms with van der Waals surface area (Å²) in [6.07, 6.45) is 9.90. The lowest BCUT2D eigenvalue weighted by molar-refractivity contribution is -0.154. The van der Waals surface area contributed by atoms with E-state index in [0.29, 0.717) is 38.2 Å². The average molecular weight is 606 g/mol. The molecule has 5 rings (SSSR count). The van der Waals surface area contributed by atoms with E-state index < -0.39 is 11.3 Å². The van der Waals surface area contributed by atoms with Gasteiger partial charge in [0.2, 0.25) is 5.91 Å². The van der Waals surface area contributed by atoms with E-state index in [4.69, 9.17) is 18.9 Å². The molecule has 0 radical (unpaired) electrons. The molecular weight excluding hydrogens is 558 g/mol. The number of methoxy groups -OCH3 is 1. The molecule has 3 aliphatic rings. The second-order valence-corrected chi connectivity index (χ2v) is 12.8. The number of amides is 1. The number of hydrogen-bond donors (Lipinski definition) is 1. The molecule has 1 N–H and O–H groups in total. The minimum atomic E-state index is -0.635. The first-order chi connectivity index (χ1) is 21.5. The average Bonchev–Trinajstić information content (AvgIpc) is 3.72. The van der Waals surface area contributed by atoms with E-state index in [0.717, 1.165) is 63.4 Å². The van der Waals surface area contributed by atoms with Crippen LogP contribution in [0, 0.1) is 17.3 Å². The van der Waals surface area contributed by atoms with Crippen LogP contribution >= 0.6 is 0 Å². The summed E-state index contributed by atoms with van der Waals surface area (Å²) in [5, 5.41) is 3.31. The molecular formula is C36H47NO7. The molecule has 1 unspecified atom stereocenters. The lowest BCUT2D eigenvalue weighted by Gasteiger charge is -2.35. The first-order valence-electron chi connectivity index (χ1n) is 16.4. The summed E-state index contributed by atoms with van der Waals surface area (Å²) in [7, 11) is 1.61. The van der Waals surface area contributed by atoms with Crippen molar-refractivity contribution in [2.45, 2.75) is 89.7 Å². The van der Waals surface area contributed by atoms with Crippen molar-refractivity contribution in [3.8, 4) is 5.75 Å². The van der Waals surface area contributed by atoms with Gasteiger partial charge in [0, 0.05) is 13.2 Å². The van der Waals surface area contributed by atoms with E-state index in [1.54, 1.807) is 7.11 Å². The second-order valence-electron chi connectivity index (χ2n) is 12.8. The van der Waals surface area contributed by atoms with Crippen molar-refractivity contribution in [2.24, 2.45) is 17.3 Å². The van der Waals surface area contributed by atoms with Crippen molar-refractivity contribution < 1.29 is 33.3 Å². The van der Waals surface area contributed by atoms with Crippen LogP contribution in [0.1, 0.15) is 80.9 Å². The quantitative estimate of drug-likeness (QED) is 0.167. The summed E-state index contributed by atoms with van der Waals surface area (Å²) in [5.74, 6) is -0.582. The standard InChI is InChI=1S/C36H47NO7/c1-41-20-21-42-25-30(33(38)43-24-26-8-3-2-4-9-26)23-36(18-5-6-19-36)35(40)37-31-15-12-28(13-16-31)34(39)44-32-17-14-27-10-7-11-29(27)22-32/h2-4,8-9,14,17,22,28,30-31H,5-7,10-13,15-16,18-21,23-25H2,1H3,(H,37,40). The fourth-order valence-electron chi connectivity index (χ4n) is 7.10. The number of benzene rings is 2. The van der Waals surface area contributed by atoms with Crippen LogP contribution in [0.5, 0.6) is 5.75 Å². The number of fused-ring (bicyclic) bond motifs is 1. The molecule has 0 heterocycles. The number of nitrogens with one attached hydrogen (secondary N) is 1. The van der Waals surface area contributed by atoms with Crippen LogP contribution < -0.4 is 10.1 Å². The van der Waals surface area contributed by atoms with Gasteiger partial charge in [-0.3, -0.25) is 14.4 Å². The molecule has 2 aromatic carbocycles. The third-order valence-electron chi connectivity index (χ3n) is 9.67. The van der Waals surface area contributed by atoms with Crippen LogP contribution in [0.25, 0.3) is 0 Å². The van der Waals surface area contributed by atoms with Gasteiger partial charge in [0.15, 0.2) is 0 Å². The van der Waals surface area contributed by atoms with Crippen molar-refractivity contribution >= 4 is 17.8 Å². The zero-order valence-corrected chi connectivity index (χ0v) is 26.0. The third-order valence-corrected chi connectivity index (χ3v) is 9.67. The minimum Gasteiger partial charge on any atom is -0.461 e. The predicted molar refractivity (Wildman–Crippen MR) is 166 cm³/mol. The Bertz CT molecular complexity index is 1250. The van der Waals surface area contributed by atoms with Crippen LogP contribution in [0.4, 0.5) is 0 Å². The summed E-state index contributed by atoms with van der Waals surface area (Å²) >= 11 is 0. The molecule has 0 aromatic heterocycles. The molecule has 8 heteroatoms. The van der Waals surface area contributed by atoms with Crippen LogP contribution in [-0.2, 0) is 48.0 Å². The number of carbonyl (C=O) groups excluding carboxylic acids is 3. The van der Waals surface area contributed by atoms with Crippen LogP contribution in [0.3, 0.4) is 0 Å². The third kappa shape index (κ3) is 8.48. The highest BCUT2D eigenvalue weighted by molar-refractivity contribution is 5.84. The minimum absolute atomic E-state index is 0.00505. The summed E-state index contributed by atoms with van der Waals surface area (Å²) in [6.45, 7) is 1.17. The molecule has 2 aromatic rings. The Labute approximate surface area is 261 Å². The number of hydrogen-bond acceptors (Lipinski definition) is 7. The van der Waals surface area contributed by atoms with Crippen LogP contribution in [0.2, 0.25) is 0 Å². The van der Waals surface area contributed by atoms with Crippen molar-refractivity contribution in [3.63, 3.8) is 0 Å². The van der Waals surface area contributed by atoms with Crippen molar-refractivity contribution in [1.82, 2.24) is 5.32 Å². The topological polar surface area (TPSA) is 100 Å². The summed E-state index contributed by atoms with van der Waals surface area (Å²) in [6, 6.07) is 15.6. The van der Waals surface area contributed by atoms with Crippen molar-refractivity contribution in [2.75, 3.05) is 26.9 Å². The maximum atomic E-state index is 13.9. The molecule has 8 nitrogen and oxygen atoms in total. The van der Waals surface area contributed by atoms with Gasteiger partial charge < -0.3 is 24.3 Å². The van der Waals surface area contributed by atoms with E-state index in [9.17, 15) is 14.4 Å². The number of esters is 2. The highest BCUT2D eigenvalue weighted by Gasteiger charge is 2.45. The Kier molecular flexibility index (Phi) is 11.5. The predicted octanol–water partition coefficient (Wildman–Crippen LogP) is 5.73. The Balaban J connectivity index is 1.15. The maximum absolute atomic E-state index is 13.9. The molecule has 1 atom stereocenters. The summed E-state index contributed by atoms with van der Waals surface area (Å²) in [5.41, 5.74) is 2.93. The van der Waals surface area contributed by atoms with E-state index in [1.165, 1.54) is 11.1 Å². The molecule has 0 aliphatic heterocycles. The number of rotatable bonds is 14. The SMILES string of the molecule is COCCOCC(CC1(C(=O)NC2CCC(C(=O)Oc3ccc4c(c3)CCC4)CC2)CCCC1)C(=O)OCc1ccccc1. The highest BCUT2D eigenvalue weighted by Crippen LogP contribution is 2.44. The molecule has 0 bridgehead atoms. The van der Waals surface area contributed by atoms with Crippen LogP contribution in [0.15, 0.2) is 48.5 Å². The van der Waals surface area contributed by atoms with Gasteiger partial charge in [0.1, 0.15) is 12.4 Å². The van der Waals surface area contributed by atoms with Gasteiger partial charge in [-0.1, -0.05) is 49.2 Å². The van der Waals surface area contributed by atoms with Gasteiger partial charge in [0.25, 0.3) is 0 Å². The maximum Gasteiger partial charge on any atom is 0.314 e. The smallest absolute Gasteiger partial charge is 0.314 e. The first kappa shape index (κ1) is 32.2. The Hall–Kier alpha value is -3.23. The number of carbonyl (C=O) groups is 3. The summed E-state index contributed by atoms with van der Waals surface area (Å²) in [4.78, 5) is 40.1. The van der Waals surface area contributed by atoms with E-state index in [-0.39, 0.29) is 43.0 Å². The molecule has 1 amide bonds. The molecule has 3 aliphatic carbocycles. The fourth-order valence-corrected chi connectivity index (χ4v) is 7.10. The Morgan fingerprint density at radius 2 is 1.66 bits per heavy atom. The lowest BCUT2D eigenvalue weighted by Crippen LogP contribution is -2.47. The monoisotopic (exact) mass is 605 g/mol. The first-order valence-corrected chi connectivity index (χ1v) is 16.4. The zero-order valence-electron chi connectivity index (χ0n) is 26.0. The van der Waals surface area contributed by atoms with Gasteiger partial charge >= 0.3 is 11.9 Å². The van der Waals surface area contributed by atoms with E-state index >= 15 is 0 Å². The van der Waals surface area contributed by atoms with Crippen molar-refractivity contribution in [3.05, 3.63) is 65.2 Å². The Morgan fingerprint density at radius 1 is 0.909 bits per heavy atom. The fraction of sp³-hybridized carbons (Fsp3) is 0.583. The van der Waals surface area contributed by atoms with Gasteiger partial charge in [-0.15, -0.1) is 0 Å². The lowest BCUT2D eigenvalue weighted by atomic mass is 9.76. The van der Waals surface area contributed by atoms with Gasteiger partial charge in [-0.2, -0.15) is 0 Å². The summed E-state index contributed by atoms with van der Waals surface area (Å²) < 4.78 is 22.4. The second kappa shape index (κ2) is 15.7. The number of aryl methyl sites for hydroxylation is 2. The van der Waals surface area contributed by atoms with Gasteiger partial charge in [-0.05, 0) is 93.0 Å².